The minimum Gasteiger partial charge on any atom is -0.256 e. The Bertz CT molecular complexity index is 667. The van der Waals surface area contributed by atoms with Gasteiger partial charge in [-0.25, -0.2) is 0 Å². The second-order valence-electron chi connectivity index (χ2n) is 4.28. The lowest BCUT2D eigenvalue weighted by Gasteiger charge is -2.05. The quantitative estimate of drug-likeness (QED) is 0.673. The lowest BCUT2D eigenvalue weighted by Crippen LogP contribution is -1.89. The van der Waals surface area contributed by atoms with Gasteiger partial charge in [0.05, 0.1) is 11.2 Å². The van der Waals surface area contributed by atoms with Crippen molar-refractivity contribution in [1.82, 2.24) is 9.97 Å². The van der Waals surface area contributed by atoms with E-state index in [1.54, 1.807) is 0 Å². The van der Waals surface area contributed by atoms with Crippen LogP contribution in [0.4, 0.5) is 0 Å². The average molecular weight is 234 g/mol. The van der Waals surface area contributed by atoms with E-state index in [4.69, 9.17) is 0 Å². The number of aryl methyl sites for hydroxylation is 1. The topological polar surface area (TPSA) is 25.8 Å². The summed E-state index contributed by atoms with van der Waals surface area (Å²) in [4.78, 5) is 8.92. The van der Waals surface area contributed by atoms with Crippen molar-refractivity contribution in [3.63, 3.8) is 0 Å². The molecule has 3 rings (SSSR count). The number of hydrogen-bond acceptors (Lipinski definition) is 2. The molecule has 0 amide bonds. The number of rotatable bonds is 2. The van der Waals surface area contributed by atoms with Crippen LogP contribution in [0.5, 0.6) is 0 Å². The van der Waals surface area contributed by atoms with Crippen LogP contribution in [0.3, 0.4) is 0 Å². The molecule has 2 nitrogen and oxygen atoms in total. The summed E-state index contributed by atoms with van der Waals surface area (Å²) >= 11 is 0. The van der Waals surface area contributed by atoms with Crippen molar-refractivity contribution >= 4 is 10.9 Å². The van der Waals surface area contributed by atoms with Crippen molar-refractivity contribution in [2.45, 2.75) is 13.3 Å². The molecule has 0 aliphatic carbocycles. The van der Waals surface area contributed by atoms with Gasteiger partial charge in [-0.05, 0) is 30.2 Å². The van der Waals surface area contributed by atoms with Crippen molar-refractivity contribution in [2.24, 2.45) is 0 Å². The Morgan fingerprint density at radius 2 is 1.83 bits per heavy atom. The Morgan fingerprint density at radius 1 is 0.944 bits per heavy atom. The van der Waals surface area contributed by atoms with Crippen LogP contribution < -0.4 is 0 Å². The first kappa shape index (κ1) is 10.9. The lowest BCUT2D eigenvalue weighted by atomic mass is 10.1. The molecule has 3 aromatic rings. The molecular weight excluding hydrogens is 220 g/mol. The molecule has 0 aliphatic rings. The zero-order chi connectivity index (χ0) is 12.4. The van der Waals surface area contributed by atoms with Gasteiger partial charge < -0.3 is 0 Å². The molecule has 18 heavy (non-hydrogen) atoms. The third kappa shape index (κ3) is 1.86. The van der Waals surface area contributed by atoms with Crippen LogP contribution in [-0.2, 0) is 6.42 Å². The van der Waals surface area contributed by atoms with Crippen LogP contribution in [0.15, 0.2) is 54.9 Å². The molecule has 0 bridgehead atoms. The van der Waals surface area contributed by atoms with Crippen LogP contribution in [0.1, 0.15) is 12.5 Å². The largest absolute Gasteiger partial charge is 0.256 e. The van der Waals surface area contributed by atoms with Crippen LogP contribution in [0.25, 0.3) is 22.2 Å². The lowest BCUT2D eigenvalue weighted by molar-refractivity contribution is 1.11. The molecule has 2 heterocycles. The van der Waals surface area contributed by atoms with Gasteiger partial charge in [0.1, 0.15) is 0 Å². The van der Waals surface area contributed by atoms with Crippen LogP contribution >= 0.6 is 0 Å². The SMILES string of the molecule is CCc1ccc(-c2ccnc3ccccc23)nc1. The van der Waals surface area contributed by atoms with Crippen LogP contribution in [0, 0.1) is 0 Å². The number of pyridine rings is 2. The van der Waals surface area contributed by atoms with E-state index in [0.717, 1.165) is 28.6 Å². The first-order chi connectivity index (χ1) is 8.88. The number of para-hydroxylation sites is 1. The van der Waals surface area contributed by atoms with Gasteiger partial charge in [-0.15, -0.1) is 0 Å². The van der Waals surface area contributed by atoms with Crippen molar-refractivity contribution in [1.29, 1.82) is 0 Å². The first-order valence-electron chi connectivity index (χ1n) is 6.17. The predicted molar refractivity (Wildman–Crippen MR) is 74.4 cm³/mol. The highest BCUT2D eigenvalue weighted by Crippen LogP contribution is 2.25. The van der Waals surface area contributed by atoms with Crippen LogP contribution in [0.2, 0.25) is 0 Å². The van der Waals surface area contributed by atoms with E-state index in [1.807, 2.05) is 36.7 Å². The third-order valence-corrected chi connectivity index (χ3v) is 3.16. The summed E-state index contributed by atoms with van der Waals surface area (Å²) in [5.74, 6) is 0. The van der Waals surface area contributed by atoms with Crippen molar-refractivity contribution < 1.29 is 0 Å². The van der Waals surface area contributed by atoms with E-state index < -0.39 is 0 Å². The van der Waals surface area contributed by atoms with Crippen molar-refractivity contribution in [3.05, 3.63) is 60.4 Å². The Balaban J connectivity index is 2.18. The van der Waals surface area contributed by atoms with E-state index in [1.165, 1.54) is 5.56 Å². The molecule has 0 fully saturated rings. The van der Waals surface area contributed by atoms with Gasteiger partial charge in [-0.1, -0.05) is 31.2 Å². The summed E-state index contributed by atoms with van der Waals surface area (Å²) in [6, 6.07) is 14.4. The molecule has 0 aliphatic heterocycles. The van der Waals surface area contributed by atoms with E-state index in [2.05, 4.69) is 35.1 Å². The summed E-state index contributed by atoms with van der Waals surface area (Å²) in [5.41, 5.74) is 4.42. The van der Waals surface area contributed by atoms with Crippen molar-refractivity contribution in [3.8, 4) is 11.3 Å². The maximum Gasteiger partial charge on any atom is 0.0709 e. The van der Waals surface area contributed by atoms with Gasteiger partial charge in [0.25, 0.3) is 0 Å². The molecule has 0 radical (unpaired) electrons. The molecule has 0 atom stereocenters. The van der Waals surface area contributed by atoms with Gasteiger partial charge in [0.2, 0.25) is 0 Å². The monoisotopic (exact) mass is 234 g/mol. The Labute approximate surface area is 106 Å². The molecule has 2 heteroatoms. The fourth-order valence-corrected chi connectivity index (χ4v) is 2.11. The molecule has 0 spiro atoms. The van der Waals surface area contributed by atoms with E-state index in [9.17, 15) is 0 Å². The fourth-order valence-electron chi connectivity index (χ4n) is 2.11. The highest BCUT2D eigenvalue weighted by atomic mass is 14.7. The van der Waals surface area contributed by atoms with Crippen LogP contribution in [-0.4, -0.2) is 9.97 Å². The molecule has 0 saturated heterocycles. The third-order valence-electron chi connectivity index (χ3n) is 3.16. The summed E-state index contributed by atoms with van der Waals surface area (Å²) in [7, 11) is 0. The molecule has 0 N–H and O–H groups in total. The van der Waals surface area contributed by atoms with Gasteiger partial charge in [0, 0.05) is 23.3 Å². The second kappa shape index (κ2) is 4.57. The number of fused-ring (bicyclic) bond motifs is 1. The molecule has 88 valence electrons. The highest BCUT2D eigenvalue weighted by molar-refractivity contribution is 5.93. The zero-order valence-electron chi connectivity index (χ0n) is 10.3. The number of aromatic nitrogens is 2. The average Bonchev–Trinajstić information content (AvgIpc) is 2.47. The number of hydrogen-bond donors (Lipinski definition) is 0. The Hall–Kier alpha value is -2.22. The Morgan fingerprint density at radius 3 is 2.61 bits per heavy atom. The van der Waals surface area contributed by atoms with Gasteiger partial charge >= 0.3 is 0 Å². The summed E-state index contributed by atoms with van der Waals surface area (Å²) in [6.45, 7) is 2.14. The van der Waals surface area contributed by atoms with E-state index >= 15 is 0 Å². The number of benzene rings is 1. The van der Waals surface area contributed by atoms with Gasteiger partial charge in [-0.2, -0.15) is 0 Å². The molecule has 2 aromatic heterocycles. The Kier molecular flexibility index (Phi) is 2.77. The molecule has 1 aromatic carbocycles. The summed E-state index contributed by atoms with van der Waals surface area (Å²) in [5, 5.41) is 1.15. The smallest absolute Gasteiger partial charge is 0.0709 e. The standard InChI is InChI=1S/C16H14N2/c1-2-12-7-8-16(18-11-12)14-9-10-17-15-6-4-3-5-13(14)15/h3-11H,2H2,1H3. The maximum absolute atomic E-state index is 4.54. The zero-order valence-corrected chi connectivity index (χ0v) is 10.3. The minimum absolute atomic E-state index is 1.01. The summed E-state index contributed by atoms with van der Waals surface area (Å²) < 4.78 is 0. The van der Waals surface area contributed by atoms with E-state index in [-0.39, 0.29) is 0 Å². The fraction of sp³-hybridized carbons (Fsp3) is 0.125. The summed E-state index contributed by atoms with van der Waals surface area (Å²) in [6.07, 6.45) is 4.81. The number of nitrogens with zero attached hydrogens (tertiary/aromatic N) is 2. The van der Waals surface area contributed by atoms with Gasteiger partial charge in [0.15, 0.2) is 0 Å². The van der Waals surface area contributed by atoms with Crippen molar-refractivity contribution in [2.75, 3.05) is 0 Å². The maximum atomic E-state index is 4.54. The second-order valence-corrected chi connectivity index (χ2v) is 4.28. The normalized spacial score (nSPS) is 10.7. The first-order valence-corrected chi connectivity index (χ1v) is 6.17. The van der Waals surface area contributed by atoms with E-state index in [0.29, 0.717) is 0 Å². The molecule has 0 saturated carbocycles. The minimum atomic E-state index is 1.01. The molecular formula is C16H14N2. The highest BCUT2D eigenvalue weighted by Gasteiger charge is 2.04. The van der Waals surface area contributed by atoms with Gasteiger partial charge in [-0.3, -0.25) is 9.97 Å². The molecule has 0 unspecified atom stereocenters. The predicted octanol–water partition coefficient (Wildman–Crippen LogP) is 3.86.